The van der Waals surface area contributed by atoms with Gasteiger partial charge in [0.25, 0.3) is 0 Å². The predicted molar refractivity (Wildman–Crippen MR) is 59.8 cm³/mol. The second-order valence-corrected chi connectivity index (χ2v) is 4.06. The first kappa shape index (κ1) is 10.9. The van der Waals surface area contributed by atoms with Crippen LogP contribution in [0.25, 0.3) is 0 Å². The van der Waals surface area contributed by atoms with Gasteiger partial charge in [-0.15, -0.1) is 0 Å². The molecule has 84 valence electrons. The van der Waals surface area contributed by atoms with Crippen molar-refractivity contribution < 1.29 is 4.74 Å². The second-order valence-electron chi connectivity index (χ2n) is 4.06. The summed E-state index contributed by atoms with van der Waals surface area (Å²) in [6.07, 6.45) is 3.47. The molecule has 1 aliphatic carbocycles. The number of hydrogen-bond donors (Lipinski definition) is 1. The van der Waals surface area contributed by atoms with Crippen molar-refractivity contribution in [2.45, 2.75) is 25.4 Å². The molecule has 2 unspecified atom stereocenters. The molecule has 0 bridgehead atoms. The Bertz CT molecular complexity index is 399. The molecule has 2 atom stereocenters. The lowest BCUT2D eigenvalue weighted by Crippen LogP contribution is -2.27. The standard InChI is InChI=1S/C12H15N3O/c13-7-9-3-1-5-11(9)16-12-6-2-4-10(8-14)15-12/h2,4,6,9,11H,1,3,5,7,13H2. The fourth-order valence-corrected chi connectivity index (χ4v) is 2.13. The number of ether oxygens (including phenoxy) is 1. The first-order valence-electron chi connectivity index (χ1n) is 5.57. The van der Waals surface area contributed by atoms with Gasteiger partial charge in [-0.1, -0.05) is 6.07 Å². The molecule has 1 aromatic heterocycles. The molecular formula is C12H15N3O. The van der Waals surface area contributed by atoms with Crippen molar-refractivity contribution in [2.75, 3.05) is 6.54 Å². The molecule has 1 fully saturated rings. The molecule has 0 amide bonds. The molecule has 0 aliphatic heterocycles. The fraction of sp³-hybridized carbons (Fsp3) is 0.500. The molecule has 0 aromatic carbocycles. The summed E-state index contributed by atoms with van der Waals surface area (Å²) >= 11 is 0. The van der Waals surface area contributed by atoms with Crippen LogP contribution in [0, 0.1) is 17.2 Å². The lowest BCUT2D eigenvalue weighted by atomic mass is 10.1. The molecule has 4 nitrogen and oxygen atoms in total. The van der Waals surface area contributed by atoms with Crippen LogP contribution in [0.2, 0.25) is 0 Å². The van der Waals surface area contributed by atoms with Crippen molar-refractivity contribution in [1.29, 1.82) is 5.26 Å². The molecule has 0 spiro atoms. The molecule has 2 rings (SSSR count). The lowest BCUT2D eigenvalue weighted by Gasteiger charge is -2.18. The lowest BCUT2D eigenvalue weighted by molar-refractivity contribution is 0.155. The van der Waals surface area contributed by atoms with Crippen LogP contribution in [0.3, 0.4) is 0 Å². The van der Waals surface area contributed by atoms with Crippen LogP contribution in [0.5, 0.6) is 5.88 Å². The van der Waals surface area contributed by atoms with Crippen molar-refractivity contribution in [3.63, 3.8) is 0 Å². The van der Waals surface area contributed by atoms with E-state index in [1.165, 1.54) is 0 Å². The molecule has 0 radical (unpaired) electrons. The average Bonchev–Trinajstić information content (AvgIpc) is 2.76. The summed E-state index contributed by atoms with van der Waals surface area (Å²) in [5.74, 6) is 0.956. The van der Waals surface area contributed by atoms with E-state index in [1.54, 1.807) is 18.2 Å². The number of pyridine rings is 1. The zero-order valence-corrected chi connectivity index (χ0v) is 9.10. The monoisotopic (exact) mass is 217 g/mol. The first-order valence-corrected chi connectivity index (χ1v) is 5.57. The summed E-state index contributed by atoms with van der Waals surface area (Å²) < 4.78 is 5.78. The summed E-state index contributed by atoms with van der Waals surface area (Å²) in [7, 11) is 0. The highest BCUT2D eigenvalue weighted by Crippen LogP contribution is 2.28. The van der Waals surface area contributed by atoms with E-state index in [4.69, 9.17) is 15.7 Å². The van der Waals surface area contributed by atoms with Gasteiger partial charge in [-0.2, -0.15) is 5.26 Å². The van der Waals surface area contributed by atoms with E-state index in [0.29, 0.717) is 24.0 Å². The maximum absolute atomic E-state index is 8.73. The van der Waals surface area contributed by atoms with Gasteiger partial charge >= 0.3 is 0 Å². The normalized spacial score (nSPS) is 24.0. The number of rotatable bonds is 3. The quantitative estimate of drug-likeness (QED) is 0.832. The molecule has 1 heterocycles. The van der Waals surface area contributed by atoms with Crippen LogP contribution >= 0.6 is 0 Å². The van der Waals surface area contributed by atoms with E-state index in [1.807, 2.05) is 6.07 Å². The Balaban J connectivity index is 2.06. The van der Waals surface area contributed by atoms with Crippen molar-refractivity contribution in [3.8, 4) is 11.9 Å². The van der Waals surface area contributed by atoms with E-state index in [2.05, 4.69) is 4.98 Å². The molecule has 16 heavy (non-hydrogen) atoms. The fourth-order valence-electron chi connectivity index (χ4n) is 2.13. The van der Waals surface area contributed by atoms with Crippen molar-refractivity contribution in [3.05, 3.63) is 23.9 Å². The van der Waals surface area contributed by atoms with Gasteiger partial charge in [0.2, 0.25) is 5.88 Å². The molecule has 1 aliphatic rings. The van der Waals surface area contributed by atoms with Gasteiger partial charge in [-0.25, -0.2) is 4.98 Å². The number of nitriles is 1. The Labute approximate surface area is 95.0 Å². The number of nitrogens with zero attached hydrogens (tertiary/aromatic N) is 2. The minimum atomic E-state index is 0.159. The highest BCUT2D eigenvalue weighted by Gasteiger charge is 2.28. The van der Waals surface area contributed by atoms with Gasteiger partial charge in [-0.3, -0.25) is 0 Å². The van der Waals surface area contributed by atoms with E-state index >= 15 is 0 Å². The zero-order chi connectivity index (χ0) is 11.4. The Morgan fingerprint density at radius 2 is 2.38 bits per heavy atom. The average molecular weight is 217 g/mol. The Morgan fingerprint density at radius 1 is 1.50 bits per heavy atom. The summed E-state index contributed by atoms with van der Waals surface area (Å²) in [5, 5.41) is 8.73. The van der Waals surface area contributed by atoms with Crippen molar-refractivity contribution >= 4 is 0 Å². The Hall–Kier alpha value is -1.60. The largest absolute Gasteiger partial charge is 0.474 e. The molecule has 0 saturated heterocycles. The van der Waals surface area contributed by atoms with Crippen LogP contribution in [-0.2, 0) is 0 Å². The molecule has 1 aromatic rings. The van der Waals surface area contributed by atoms with Gasteiger partial charge in [-0.05, 0) is 31.9 Å². The van der Waals surface area contributed by atoms with Crippen LogP contribution in [0.1, 0.15) is 25.0 Å². The van der Waals surface area contributed by atoms with Crippen LogP contribution < -0.4 is 10.5 Å². The molecule has 4 heteroatoms. The van der Waals surface area contributed by atoms with Crippen LogP contribution in [0.15, 0.2) is 18.2 Å². The van der Waals surface area contributed by atoms with Crippen LogP contribution in [-0.4, -0.2) is 17.6 Å². The van der Waals surface area contributed by atoms with Gasteiger partial charge in [0.05, 0.1) is 0 Å². The SMILES string of the molecule is N#Cc1cccc(OC2CCCC2CN)n1. The summed E-state index contributed by atoms with van der Waals surface area (Å²) in [6, 6.07) is 7.24. The minimum absolute atomic E-state index is 0.159. The van der Waals surface area contributed by atoms with E-state index in [0.717, 1.165) is 19.3 Å². The molecular weight excluding hydrogens is 202 g/mol. The topological polar surface area (TPSA) is 71.9 Å². The smallest absolute Gasteiger partial charge is 0.214 e. The highest BCUT2D eigenvalue weighted by molar-refractivity contribution is 5.24. The summed E-state index contributed by atoms with van der Waals surface area (Å²) in [6.45, 7) is 0.655. The van der Waals surface area contributed by atoms with Crippen molar-refractivity contribution in [1.82, 2.24) is 4.98 Å². The third-order valence-corrected chi connectivity index (χ3v) is 3.00. The third-order valence-electron chi connectivity index (χ3n) is 3.00. The summed E-state index contributed by atoms with van der Waals surface area (Å²) in [4.78, 5) is 4.10. The van der Waals surface area contributed by atoms with Gasteiger partial charge in [0.1, 0.15) is 17.9 Å². The minimum Gasteiger partial charge on any atom is -0.474 e. The number of nitrogens with two attached hydrogens (primary N) is 1. The Morgan fingerprint density at radius 3 is 3.12 bits per heavy atom. The number of aromatic nitrogens is 1. The van der Waals surface area contributed by atoms with Crippen LogP contribution in [0.4, 0.5) is 0 Å². The predicted octanol–water partition coefficient (Wildman–Crippen LogP) is 1.46. The zero-order valence-electron chi connectivity index (χ0n) is 9.10. The third kappa shape index (κ3) is 2.31. The van der Waals surface area contributed by atoms with Gasteiger partial charge < -0.3 is 10.5 Å². The highest BCUT2D eigenvalue weighted by atomic mass is 16.5. The van der Waals surface area contributed by atoms with Gasteiger partial charge in [0, 0.05) is 12.0 Å². The summed E-state index contributed by atoms with van der Waals surface area (Å²) in [5.41, 5.74) is 6.07. The second kappa shape index (κ2) is 4.95. The van der Waals surface area contributed by atoms with Gasteiger partial charge in [0.15, 0.2) is 0 Å². The maximum atomic E-state index is 8.73. The molecule has 2 N–H and O–H groups in total. The molecule has 1 saturated carbocycles. The first-order chi connectivity index (χ1) is 7.83. The van der Waals surface area contributed by atoms with E-state index < -0.39 is 0 Å². The Kier molecular flexibility index (Phi) is 3.37. The number of hydrogen-bond acceptors (Lipinski definition) is 4. The maximum Gasteiger partial charge on any atom is 0.214 e. The van der Waals surface area contributed by atoms with E-state index in [-0.39, 0.29) is 6.10 Å². The van der Waals surface area contributed by atoms with Crippen molar-refractivity contribution in [2.24, 2.45) is 11.7 Å². The van der Waals surface area contributed by atoms with E-state index in [9.17, 15) is 0 Å².